The molecule has 2 aromatic carbocycles. The standard InChI is InChI=1S/C24H16ClN3O3S2/c1-31-19-12-14(4-9-18(19)29)11-16(13-26)23-27-21(20-3-2-10-32-20)24(33-23)28-22(30)15-5-7-17(25)8-6-15/h2-12,29H,1H3,(H,28,30)/b16-11+. The molecule has 0 aliphatic rings. The first-order valence-electron chi connectivity index (χ1n) is 9.59. The summed E-state index contributed by atoms with van der Waals surface area (Å²) in [5.41, 5.74) is 2.04. The lowest BCUT2D eigenvalue weighted by atomic mass is 10.1. The molecule has 0 aliphatic heterocycles. The van der Waals surface area contributed by atoms with Crippen molar-refractivity contribution in [2.24, 2.45) is 0 Å². The second-order valence-corrected chi connectivity index (χ2v) is 9.12. The number of ether oxygens (including phenoxy) is 1. The molecule has 0 aliphatic carbocycles. The summed E-state index contributed by atoms with van der Waals surface area (Å²) in [7, 11) is 1.46. The van der Waals surface area contributed by atoms with Crippen LogP contribution in [0.1, 0.15) is 20.9 Å². The predicted octanol–water partition coefficient (Wildman–Crippen LogP) is 6.56. The summed E-state index contributed by atoms with van der Waals surface area (Å²) in [5, 5.41) is 26.0. The number of anilines is 1. The number of aromatic hydroxyl groups is 1. The van der Waals surface area contributed by atoms with Crippen molar-refractivity contribution in [3.63, 3.8) is 0 Å². The topological polar surface area (TPSA) is 95.2 Å². The van der Waals surface area contributed by atoms with Crippen molar-refractivity contribution >= 4 is 56.8 Å². The van der Waals surface area contributed by atoms with Crippen LogP contribution in [0.3, 0.4) is 0 Å². The molecule has 0 radical (unpaired) electrons. The number of phenols is 1. The normalized spacial score (nSPS) is 11.1. The van der Waals surface area contributed by atoms with E-state index in [9.17, 15) is 15.2 Å². The fourth-order valence-corrected chi connectivity index (χ4v) is 4.82. The number of carbonyl (C=O) groups is 1. The number of nitrogens with one attached hydrogen (secondary N) is 1. The van der Waals surface area contributed by atoms with Crippen molar-refractivity contribution in [2.45, 2.75) is 0 Å². The van der Waals surface area contributed by atoms with E-state index < -0.39 is 0 Å². The van der Waals surface area contributed by atoms with Crippen LogP contribution in [0.2, 0.25) is 5.02 Å². The largest absolute Gasteiger partial charge is 0.504 e. The molecule has 0 bridgehead atoms. The third kappa shape index (κ3) is 5.07. The van der Waals surface area contributed by atoms with Crippen molar-refractivity contribution < 1.29 is 14.6 Å². The van der Waals surface area contributed by atoms with Gasteiger partial charge in [0.1, 0.15) is 21.8 Å². The lowest BCUT2D eigenvalue weighted by molar-refractivity contribution is 0.102. The molecule has 2 heterocycles. The Kier molecular flexibility index (Phi) is 6.75. The average molecular weight is 494 g/mol. The number of amides is 1. The van der Waals surface area contributed by atoms with Crippen LogP contribution < -0.4 is 10.1 Å². The molecular formula is C24H16ClN3O3S2. The minimum Gasteiger partial charge on any atom is -0.504 e. The second kappa shape index (κ2) is 9.88. The number of nitrogens with zero attached hydrogens (tertiary/aromatic N) is 2. The van der Waals surface area contributed by atoms with E-state index in [2.05, 4.69) is 16.4 Å². The number of hydrogen-bond donors (Lipinski definition) is 2. The molecule has 0 spiro atoms. The smallest absolute Gasteiger partial charge is 0.256 e. The lowest BCUT2D eigenvalue weighted by Crippen LogP contribution is -2.11. The van der Waals surface area contributed by atoms with Crippen molar-refractivity contribution in [1.29, 1.82) is 5.26 Å². The third-order valence-corrected chi connectivity index (χ3v) is 6.71. The highest BCUT2D eigenvalue weighted by molar-refractivity contribution is 7.19. The summed E-state index contributed by atoms with van der Waals surface area (Å²) in [6, 6.07) is 17.4. The molecule has 33 heavy (non-hydrogen) atoms. The molecule has 6 nitrogen and oxygen atoms in total. The number of nitriles is 1. The van der Waals surface area contributed by atoms with Gasteiger partial charge in [-0.25, -0.2) is 4.98 Å². The zero-order valence-corrected chi connectivity index (χ0v) is 19.6. The van der Waals surface area contributed by atoms with Gasteiger partial charge in [0, 0.05) is 10.6 Å². The Morgan fingerprint density at radius 2 is 2.03 bits per heavy atom. The predicted molar refractivity (Wildman–Crippen MR) is 133 cm³/mol. The Morgan fingerprint density at radius 1 is 1.24 bits per heavy atom. The highest BCUT2D eigenvalue weighted by Crippen LogP contribution is 2.39. The highest BCUT2D eigenvalue weighted by atomic mass is 35.5. The molecule has 9 heteroatoms. The monoisotopic (exact) mass is 493 g/mol. The van der Waals surface area contributed by atoms with Crippen LogP contribution >= 0.6 is 34.3 Å². The maximum absolute atomic E-state index is 12.8. The summed E-state index contributed by atoms with van der Waals surface area (Å²) in [6.45, 7) is 0. The van der Waals surface area contributed by atoms with E-state index in [1.165, 1.54) is 35.8 Å². The molecule has 4 rings (SSSR count). The van der Waals surface area contributed by atoms with Gasteiger partial charge in [0.25, 0.3) is 5.91 Å². The Balaban J connectivity index is 1.72. The average Bonchev–Trinajstić information content (AvgIpc) is 3.49. The van der Waals surface area contributed by atoms with Gasteiger partial charge in [-0.05, 0) is 59.5 Å². The quantitative estimate of drug-likeness (QED) is 0.297. The van der Waals surface area contributed by atoms with Crippen molar-refractivity contribution in [2.75, 3.05) is 12.4 Å². The number of allylic oxidation sites excluding steroid dienone is 1. The van der Waals surface area contributed by atoms with Gasteiger partial charge in [-0.2, -0.15) is 5.26 Å². The summed E-state index contributed by atoms with van der Waals surface area (Å²) < 4.78 is 5.14. The van der Waals surface area contributed by atoms with E-state index in [1.54, 1.807) is 42.5 Å². The Morgan fingerprint density at radius 3 is 2.70 bits per heavy atom. The first-order chi connectivity index (χ1) is 16.0. The van der Waals surface area contributed by atoms with Gasteiger partial charge >= 0.3 is 0 Å². The van der Waals surface area contributed by atoms with Crippen molar-refractivity contribution in [1.82, 2.24) is 4.98 Å². The first kappa shape index (κ1) is 22.6. The van der Waals surface area contributed by atoms with Crippen LogP contribution in [0.25, 0.3) is 22.2 Å². The zero-order chi connectivity index (χ0) is 23.4. The number of halogens is 1. The molecule has 2 N–H and O–H groups in total. The number of methoxy groups -OCH3 is 1. The number of thiophene rings is 1. The first-order valence-corrected chi connectivity index (χ1v) is 11.7. The van der Waals surface area contributed by atoms with Gasteiger partial charge in [-0.3, -0.25) is 4.79 Å². The summed E-state index contributed by atoms with van der Waals surface area (Å²) in [6.07, 6.45) is 1.66. The number of benzene rings is 2. The number of phenolic OH excluding ortho intramolecular Hbond substituents is 1. The number of aromatic nitrogens is 1. The lowest BCUT2D eigenvalue weighted by Gasteiger charge is -2.04. The van der Waals surface area contributed by atoms with Gasteiger partial charge in [0.2, 0.25) is 0 Å². The van der Waals surface area contributed by atoms with Gasteiger partial charge in [0.15, 0.2) is 11.5 Å². The molecule has 1 amide bonds. The third-order valence-electron chi connectivity index (χ3n) is 4.58. The van der Waals surface area contributed by atoms with E-state index in [0.29, 0.717) is 43.2 Å². The number of rotatable bonds is 6. The Hall–Kier alpha value is -3.64. The maximum Gasteiger partial charge on any atom is 0.256 e. The molecule has 2 aromatic heterocycles. The molecule has 0 fully saturated rings. The van der Waals surface area contributed by atoms with Crippen molar-refractivity contribution in [3.05, 3.63) is 81.1 Å². The summed E-state index contributed by atoms with van der Waals surface area (Å²) in [5.74, 6) is 0.00962. The summed E-state index contributed by atoms with van der Waals surface area (Å²) >= 11 is 8.62. The molecular weight excluding hydrogens is 478 g/mol. The molecule has 164 valence electrons. The SMILES string of the molecule is COc1cc(/C=C(\C#N)c2nc(-c3cccs3)c(NC(=O)c3ccc(Cl)cc3)s2)ccc1O. The number of carbonyl (C=O) groups excluding carboxylic acids is 1. The highest BCUT2D eigenvalue weighted by Gasteiger charge is 2.19. The van der Waals surface area contributed by atoms with Gasteiger partial charge < -0.3 is 15.2 Å². The van der Waals surface area contributed by atoms with Crippen LogP contribution in [0, 0.1) is 11.3 Å². The van der Waals surface area contributed by atoms with Gasteiger partial charge in [-0.1, -0.05) is 35.1 Å². The molecule has 4 aromatic rings. The molecule has 0 unspecified atom stereocenters. The minimum absolute atomic E-state index is 0.00888. The van der Waals surface area contributed by atoms with Crippen LogP contribution in [-0.2, 0) is 0 Å². The van der Waals surface area contributed by atoms with Crippen LogP contribution in [0.15, 0.2) is 60.0 Å². The van der Waals surface area contributed by atoms with E-state index in [0.717, 1.165) is 4.88 Å². The van der Waals surface area contributed by atoms with Crippen LogP contribution in [-0.4, -0.2) is 23.1 Å². The van der Waals surface area contributed by atoms with Gasteiger partial charge in [0.05, 0.1) is 17.6 Å². The van der Waals surface area contributed by atoms with Crippen LogP contribution in [0.4, 0.5) is 5.00 Å². The maximum atomic E-state index is 12.8. The number of hydrogen-bond acceptors (Lipinski definition) is 7. The van der Waals surface area contributed by atoms with Crippen LogP contribution in [0.5, 0.6) is 11.5 Å². The van der Waals surface area contributed by atoms with E-state index in [4.69, 9.17) is 16.3 Å². The van der Waals surface area contributed by atoms with Gasteiger partial charge in [-0.15, -0.1) is 11.3 Å². The second-order valence-electron chi connectivity index (χ2n) is 6.74. The molecule has 0 saturated heterocycles. The fraction of sp³-hybridized carbons (Fsp3) is 0.0417. The fourth-order valence-electron chi connectivity index (χ4n) is 2.97. The molecule has 0 saturated carbocycles. The zero-order valence-electron chi connectivity index (χ0n) is 17.2. The molecule has 0 atom stereocenters. The van der Waals surface area contributed by atoms with E-state index >= 15 is 0 Å². The Bertz CT molecular complexity index is 1370. The Labute approximate surface area is 203 Å². The summed E-state index contributed by atoms with van der Waals surface area (Å²) in [4.78, 5) is 18.3. The minimum atomic E-state index is -0.301. The van der Waals surface area contributed by atoms with E-state index in [1.807, 2.05) is 17.5 Å². The van der Waals surface area contributed by atoms with E-state index in [-0.39, 0.29) is 11.7 Å². The number of thiazole rings is 1. The van der Waals surface area contributed by atoms with Crippen molar-refractivity contribution in [3.8, 4) is 28.1 Å².